The summed E-state index contributed by atoms with van der Waals surface area (Å²) in [6.45, 7) is 0. The molecule has 0 saturated heterocycles. The van der Waals surface area contributed by atoms with Crippen molar-refractivity contribution in [2.45, 2.75) is 0 Å². The maximum atomic E-state index is 13.0. The average Bonchev–Trinajstić information content (AvgIpc) is 3.16. The number of hydrogen-bond acceptors (Lipinski definition) is 4. The van der Waals surface area contributed by atoms with Crippen LogP contribution in [0.25, 0.3) is 28.1 Å². The van der Waals surface area contributed by atoms with Gasteiger partial charge in [0.1, 0.15) is 17.7 Å². The van der Waals surface area contributed by atoms with E-state index in [0.29, 0.717) is 17.0 Å². The number of aromatic nitrogens is 6. The molecule has 21 heavy (non-hydrogen) atoms. The van der Waals surface area contributed by atoms with Gasteiger partial charge in [0.2, 0.25) is 0 Å². The van der Waals surface area contributed by atoms with E-state index in [0.717, 1.165) is 11.1 Å². The number of nitrogens with one attached hydrogen (secondary N) is 1. The summed E-state index contributed by atoms with van der Waals surface area (Å²) in [6, 6.07) is 6.26. The molecule has 0 aliphatic rings. The van der Waals surface area contributed by atoms with Gasteiger partial charge < -0.3 is 4.98 Å². The summed E-state index contributed by atoms with van der Waals surface area (Å²) in [4.78, 5) is 15.4. The molecule has 6 nitrogen and oxygen atoms in total. The molecule has 0 fully saturated rings. The highest BCUT2D eigenvalue weighted by atomic mass is 19.1. The Bertz CT molecular complexity index is 909. The number of nitrogens with zero attached hydrogens (tertiary/aromatic N) is 5. The molecule has 0 amide bonds. The molecule has 0 spiro atoms. The Balaban J connectivity index is 1.81. The van der Waals surface area contributed by atoms with Crippen LogP contribution in [-0.4, -0.2) is 29.7 Å². The fraction of sp³-hybridized carbons (Fsp3) is 0. The highest BCUT2D eigenvalue weighted by molar-refractivity contribution is 5.77. The molecule has 0 aliphatic heterocycles. The third kappa shape index (κ3) is 1.95. The van der Waals surface area contributed by atoms with Crippen molar-refractivity contribution < 1.29 is 4.39 Å². The minimum atomic E-state index is -0.263. The van der Waals surface area contributed by atoms with Crippen LogP contribution in [-0.2, 0) is 0 Å². The zero-order valence-corrected chi connectivity index (χ0v) is 10.7. The first-order chi connectivity index (χ1) is 10.3. The monoisotopic (exact) mass is 280 g/mol. The fourth-order valence-electron chi connectivity index (χ4n) is 2.16. The topological polar surface area (TPSA) is 72.3 Å². The third-order valence-corrected chi connectivity index (χ3v) is 3.18. The number of halogens is 1. The lowest BCUT2D eigenvalue weighted by Gasteiger charge is -2.00. The van der Waals surface area contributed by atoms with Crippen LogP contribution in [0.2, 0.25) is 0 Å². The normalized spacial score (nSPS) is 11.1. The van der Waals surface area contributed by atoms with Gasteiger partial charge in [-0.15, -0.1) is 0 Å². The van der Waals surface area contributed by atoms with Gasteiger partial charge in [0, 0.05) is 11.8 Å². The highest BCUT2D eigenvalue weighted by Gasteiger charge is 2.10. The number of hydrogen-bond donors (Lipinski definition) is 1. The van der Waals surface area contributed by atoms with Crippen LogP contribution < -0.4 is 0 Å². The Morgan fingerprint density at radius 3 is 2.71 bits per heavy atom. The van der Waals surface area contributed by atoms with Gasteiger partial charge in [0.05, 0.1) is 12.5 Å². The second-order valence-corrected chi connectivity index (χ2v) is 4.48. The highest BCUT2D eigenvalue weighted by Crippen LogP contribution is 2.21. The lowest BCUT2D eigenvalue weighted by Crippen LogP contribution is -1.99. The van der Waals surface area contributed by atoms with Crippen LogP contribution in [0.3, 0.4) is 0 Å². The number of fused-ring (bicyclic) bond motifs is 1. The van der Waals surface area contributed by atoms with E-state index < -0.39 is 0 Å². The molecular formula is C14H9FN6. The molecular weight excluding hydrogens is 271 g/mol. The SMILES string of the molecule is Fc1ccc(-c2cnn(-c3ncnc4nc[nH]c34)c2)cc1. The van der Waals surface area contributed by atoms with Crippen molar-refractivity contribution in [2.24, 2.45) is 0 Å². The van der Waals surface area contributed by atoms with Gasteiger partial charge in [-0.2, -0.15) is 5.10 Å². The van der Waals surface area contributed by atoms with Gasteiger partial charge in [-0.3, -0.25) is 0 Å². The number of imidazole rings is 1. The molecule has 4 rings (SSSR count). The molecule has 0 radical (unpaired) electrons. The van der Waals surface area contributed by atoms with Crippen LogP contribution in [0.4, 0.5) is 4.39 Å². The minimum Gasteiger partial charge on any atom is -0.340 e. The Hall–Kier alpha value is -3.09. The molecule has 4 aromatic rings. The zero-order valence-electron chi connectivity index (χ0n) is 10.7. The maximum absolute atomic E-state index is 13.0. The first kappa shape index (κ1) is 11.7. The molecule has 0 saturated carbocycles. The molecule has 1 N–H and O–H groups in total. The largest absolute Gasteiger partial charge is 0.340 e. The lowest BCUT2D eigenvalue weighted by atomic mass is 10.1. The first-order valence-electron chi connectivity index (χ1n) is 6.26. The first-order valence-corrected chi connectivity index (χ1v) is 6.26. The van der Waals surface area contributed by atoms with Gasteiger partial charge in [-0.05, 0) is 17.7 Å². The quantitative estimate of drug-likeness (QED) is 0.611. The Morgan fingerprint density at radius 1 is 1.00 bits per heavy atom. The summed E-state index contributed by atoms with van der Waals surface area (Å²) < 4.78 is 14.6. The van der Waals surface area contributed by atoms with E-state index in [9.17, 15) is 4.39 Å². The molecule has 0 atom stereocenters. The lowest BCUT2D eigenvalue weighted by molar-refractivity contribution is 0.628. The van der Waals surface area contributed by atoms with Crippen molar-refractivity contribution in [1.82, 2.24) is 29.7 Å². The molecule has 0 bridgehead atoms. The summed E-state index contributed by atoms with van der Waals surface area (Å²) in [7, 11) is 0. The second-order valence-electron chi connectivity index (χ2n) is 4.48. The Morgan fingerprint density at radius 2 is 1.86 bits per heavy atom. The predicted octanol–water partition coefficient (Wildman–Crippen LogP) is 2.34. The summed E-state index contributed by atoms with van der Waals surface area (Å²) in [5.41, 5.74) is 3.06. The summed E-state index contributed by atoms with van der Waals surface area (Å²) in [5, 5.41) is 4.30. The Kier molecular flexibility index (Phi) is 2.50. The zero-order chi connectivity index (χ0) is 14.2. The average molecular weight is 280 g/mol. The summed E-state index contributed by atoms with van der Waals surface area (Å²) >= 11 is 0. The third-order valence-electron chi connectivity index (χ3n) is 3.18. The van der Waals surface area contributed by atoms with E-state index in [4.69, 9.17) is 0 Å². The smallest absolute Gasteiger partial charge is 0.182 e. The number of rotatable bonds is 2. The van der Waals surface area contributed by atoms with Gasteiger partial charge in [-0.25, -0.2) is 24.0 Å². The van der Waals surface area contributed by atoms with Crippen molar-refractivity contribution in [2.75, 3.05) is 0 Å². The number of benzene rings is 1. The predicted molar refractivity (Wildman–Crippen MR) is 74.2 cm³/mol. The van der Waals surface area contributed by atoms with Crippen LogP contribution in [0.5, 0.6) is 0 Å². The van der Waals surface area contributed by atoms with Gasteiger partial charge >= 0.3 is 0 Å². The van der Waals surface area contributed by atoms with Crippen molar-refractivity contribution in [3.8, 4) is 16.9 Å². The van der Waals surface area contributed by atoms with Crippen molar-refractivity contribution >= 4 is 11.2 Å². The van der Waals surface area contributed by atoms with E-state index >= 15 is 0 Å². The van der Waals surface area contributed by atoms with Gasteiger partial charge in [0.15, 0.2) is 11.5 Å². The standard InChI is InChI=1S/C14H9FN6/c15-11-3-1-9(2-4-11)10-5-20-21(6-10)14-12-13(17-7-16-12)18-8-19-14/h1-8H,(H,16,17,18,19). The molecule has 1 aromatic carbocycles. The number of aromatic amines is 1. The minimum absolute atomic E-state index is 0.263. The molecule has 0 aliphatic carbocycles. The Labute approximate surface area is 118 Å². The van der Waals surface area contributed by atoms with E-state index in [-0.39, 0.29) is 5.82 Å². The molecule has 3 aromatic heterocycles. The van der Waals surface area contributed by atoms with Crippen molar-refractivity contribution in [1.29, 1.82) is 0 Å². The van der Waals surface area contributed by atoms with E-state index in [1.54, 1.807) is 29.3 Å². The molecule has 7 heteroatoms. The van der Waals surface area contributed by atoms with E-state index in [1.165, 1.54) is 18.5 Å². The van der Waals surface area contributed by atoms with Gasteiger partial charge in [-0.1, -0.05) is 12.1 Å². The van der Waals surface area contributed by atoms with Crippen LogP contribution in [0.15, 0.2) is 49.3 Å². The van der Waals surface area contributed by atoms with Crippen LogP contribution in [0.1, 0.15) is 0 Å². The summed E-state index contributed by atoms with van der Waals surface area (Å²) in [5.74, 6) is 0.354. The number of H-pyrrole nitrogens is 1. The van der Waals surface area contributed by atoms with E-state index in [1.807, 2.05) is 6.20 Å². The summed E-state index contributed by atoms with van der Waals surface area (Å²) in [6.07, 6.45) is 6.54. The van der Waals surface area contributed by atoms with Crippen LogP contribution in [0, 0.1) is 5.82 Å². The second kappa shape index (κ2) is 4.48. The molecule has 0 unspecified atom stereocenters. The van der Waals surface area contributed by atoms with Crippen LogP contribution >= 0.6 is 0 Å². The van der Waals surface area contributed by atoms with E-state index in [2.05, 4.69) is 25.0 Å². The maximum Gasteiger partial charge on any atom is 0.182 e. The molecule has 102 valence electrons. The van der Waals surface area contributed by atoms with Crippen molar-refractivity contribution in [3.05, 3.63) is 55.1 Å². The molecule has 3 heterocycles. The van der Waals surface area contributed by atoms with Gasteiger partial charge in [0.25, 0.3) is 0 Å². The van der Waals surface area contributed by atoms with Crippen molar-refractivity contribution in [3.63, 3.8) is 0 Å². The fourth-order valence-corrected chi connectivity index (χ4v) is 2.16.